The Labute approximate surface area is 144 Å². The average Bonchev–Trinajstić information content (AvgIpc) is 3.01. The smallest absolute Gasteiger partial charge is 0.254 e. The number of aryl methyl sites for hydroxylation is 1. The molecule has 0 saturated carbocycles. The Morgan fingerprint density at radius 3 is 2.88 bits per heavy atom. The lowest BCUT2D eigenvalue weighted by Gasteiger charge is -2.35. The number of hydrogen-bond donors (Lipinski definition) is 2. The molecule has 2 aromatic rings. The van der Waals surface area contributed by atoms with Crippen LogP contribution in [0.1, 0.15) is 29.1 Å². The van der Waals surface area contributed by atoms with Crippen LogP contribution < -0.4 is 10.6 Å². The van der Waals surface area contributed by atoms with Gasteiger partial charge in [-0.3, -0.25) is 9.59 Å². The van der Waals surface area contributed by atoms with Gasteiger partial charge < -0.3 is 20.1 Å². The van der Waals surface area contributed by atoms with E-state index >= 15 is 0 Å². The lowest BCUT2D eigenvalue weighted by molar-refractivity contribution is -0.114. The van der Waals surface area contributed by atoms with E-state index in [1.165, 1.54) is 25.1 Å². The zero-order valence-electron chi connectivity index (χ0n) is 14.1. The maximum Gasteiger partial charge on any atom is 0.254 e. The van der Waals surface area contributed by atoms with E-state index in [1.54, 1.807) is 11.1 Å². The fourth-order valence-corrected chi connectivity index (χ4v) is 2.99. The summed E-state index contributed by atoms with van der Waals surface area (Å²) >= 11 is 0. The molecule has 132 valence electrons. The monoisotopic (exact) mass is 345 g/mol. The number of amides is 2. The summed E-state index contributed by atoms with van der Waals surface area (Å²) in [6, 6.07) is 3.78. The molecule has 0 radical (unpaired) electrons. The third-order valence-corrected chi connectivity index (χ3v) is 4.18. The van der Waals surface area contributed by atoms with E-state index in [2.05, 4.69) is 15.6 Å². The molecule has 1 saturated heterocycles. The molecule has 3 rings (SSSR count). The van der Waals surface area contributed by atoms with Crippen molar-refractivity contribution in [2.45, 2.75) is 13.0 Å². The van der Waals surface area contributed by atoms with Crippen molar-refractivity contribution in [2.24, 2.45) is 7.05 Å². The number of carbonyl (C=O) groups is 2. The van der Waals surface area contributed by atoms with Crippen LogP contribution in [0.25, 0.3) is 0 Å². The van der Waals surface area contributed by atoms with Crippen molar-refractivity contribution in [1.82, 2.24) is 19.8 Å². The number of anilines is 1. The van der Waals surface area contributed by atoms with Crippen LogP contribution in [0.15, 0.2) is 30.6 Å². The van der Waals surface area contributed by atoms with Gasteiger partial charge in [-0.25, -0.2) is 9.37 Å². The van der Waals surface area contributed by atoms with Crippen LogP contribution in [0.5, 0.6) is 0 Å². The quantitative estimate of drug-likeness (QED) is 0.879. The summed E-state index contributed by atoms with van der Waals surface area (Å²) in [7, 11) is 1.88. The van der Waals surface area contributed by atoms with E-state index in [9.17, 15) is 14.0 Å². The Morgan fingerprint density at radius 1 is 1.40 bits per heavy atom. The van der Waals surface area contributed by atoms with Crippen LogP contribution in [0, 0.1) is 5.82 Å². The van der Waals surface area contributed by atoms with Crippen LogP contribution >= 0.6 is 0 Å². The van der Waals surface area contributed by atoms with E-state index < -0.39 is 11.7 Å². The number of aromatic nitrogens is 2. The van der Waals surface area contributed by atoms with Crippen molar-refractivity contribution in [3.8, 4) is 0 Å². The fourth-order valence-electron chi connectivity index (χ4n) is 2.99. The summed E-state index contributed by atoms with van der Waals surface area (Å²) in [5.41, 5.74) is 0.327. The third kappa shape index (κ3) is 3.53. The molecule has 0 aliphatic carbocycles. The highest BCUT2D eigenvalue weighted by Gasteiger charge is 2.31. The van der Waals surface area contributed by atoms with E-state index in [0.717, 1.165) is 5.82 Å². The molecule has 2 N–H and O–H groups in total. The zero-order chi connectivity index (χ0) is 18.0. The predicted octanol–water partition coefficient (Wildman–Crippen LogP) is 1.30. The molecule has 0 spiro atoms. The summed E-state index contributed by atoms with van der Waals surface area (Å²) in [6.07, 6.45) is 3.53. The summed E-state index contributed by atoms with van der Waals surface area (Å²) in [5.74, 6) is -0.407. The maximum absolute atomic E-state index is 13.8. The Morgan fingerprint density at radius 2 is 2.20 bits per heavy atom. The van der Waals surface area contributed by atoms with Gasteiger partial charge in [0.2, 0.25) is 5.91 Å². The Bertz CT molecular complexity index is 804. The first-order chi connectivity index (χ1) is 12.0. The van der Waals surface area contributed by atoms with Crippen LogP contribution in [-0.4, -0.2) is 45.9 Å². The number of imidazole rings is 1. The highest BCUT2D eigenvalue weighted by Crippen LogP contribution is 2.24. The molecular formula is C17H20FN5O2. The number of piperazine rings is 1. The van der Waals surface area contributed by atoms with Gasteiger partial charge in [0.15, 0.2) is 0 Å². The van der Waals surface area contributed by atoms with Crippen molar-refractivity contribution in [1.29, 1.82) is 0 Å². The van der Waals surface area contributed by atoms with Crippen molar-refractivity contribution in [2.75, 3.05) is 25.0 Å². The molecule has 7 nitrogen and oxygen atoms in total. The first-order valence-corrected chi connectivity index (χ1v) is 8.03. The molecule has 0 bridgehead atoms. The molecule has 1 atom stereocenters. The SMILES string of the molecule is CC(=O)Nc1cc(C(=O)N2CCNCC2c2nccn2C)ccc1F. The summed E-state index contributed by atoms with van der Waals surface area (Å²) in [5, 5.41) is 5.67. The highest BCUT2D eigenvalue weighted by atomic mass is 19.1. The first-order valence-electron chi connectivity index (χ1n) is 8.03. The Balaban J connectivity index is 1.90. The minimum Gasteiger partial charge on any atom is -0.336 e. The largest absolute Gasteiger partial charge is 0.336 e. The highest BCUT2D eigenvalue weighted by molar-refractivity contribution is 5.97. The molecule has 1 aliphatic rings. The second-order valence-electron chi connectivity index (χ2n) is 5.99. The molecule has 1 aliphatic heterocycles. The Hall–Kier alpha value is -2.74. The van der Waals surface area contributed by atoms with Gasteiger partial charge >= 0.3 is 0 Å². The minimum atomic E-state index is -0.576. The lowest BCUT2D eigenvalue weighted by Crippen LogP contribution is -2.49. The van der Waals surface area contributed by atoms with Gasteiger partial charge in [-0.05, 0) is 18.2 Å². The van der Waals surface area contributed by atoms with Crippen LogP contribution in [-0.2, 0) is 11.8 Å². The summed E-state index contributed by atoms with van der Waals surface area (Å²) < 4.78 is 15.7. The maximum atomic E-state index is 13.8. The molecule has 1 aromatic carbocycles. The van der Waals surface area contributed by atoms with Crippen molar-refractivity contribution in [3.05, 3.63) is 47.8 Å². The van der Waals surface area contributed by atoms with Crippen molar-refractivity contribution in [3.63, 3.8) is 0 Å². The fraction of sp³-hybridized carbons (Fsp3) is 0.353. The molecule has 1 unspecified atom stereocenters. The van der Waals surface area contributed by atoms with Crippen molar-refractivity contribution >= 4 is 17.5 Å². The van der Waals surface area contributed by atoms with Gasteiger partial charge in [-0.1, -0.05) is 0 Å². The van der Waals surface area contributed by atoms with Gasteiger partial charge in [-0.15, -0.1) is 0 Å². The number of benzene rings is 1. The minimum absolute atomic E-state index is 0.00188. The van der Waals surface area contributed by atoms with Crippen LogP contribution in [0.4, 0.5) is 10.1 Å². The second kappa shape index (κ2) is 7.02. The molecule has 25 heavy (non-hydrogen) atoms. The van der Waals surface area contributed by atoms with Crippen LogP contribution in [0.3, 0.4) is 0 Å². The van der Waals surface area contributed by atoms with E-state index in [4.69, 9.17) is 0 Å². The number of nitrogens with one attached hydrogen (secondary N) is 2. The first kappa shape index (κ1) is 17.1. The zero-order valence-corrected chi connectivity index (χ0v) is 14.1. The standard InChI is InChI=1S/C17H20FN5O2/c1-11(24)21-14-9-12(3-4-13(14)18)17(25)23-8-5-19-10-15(23)16-20-6-7-22(16)2/h3-4,6-7,9,15,19H,5,8,10H2,1-2H3,(H,21,24). The summed E-state index contributed by atoms with van der Waals surface area (Å²) in [6.45, 7) is 3.08. The number of nitrogens with zero attached hydrogens (tertiary/aromatic N) is 3. The number of carbonyl (C=O) groups excluding carboxylic acids is 2. The summed E-state index contributed by atoms with van der Waals surface area (Å²) in [4.78, 5) is 30.3. The van der Waals surface area contributed by atoms with Crippen LogP contribution in [0.2, 0.25) is 0 Å². The van der Waals surface area contributed by atoms with Gasteiger partial charge in [0.1, 0.15) is 17.7 Å². The molecule has 2 heterocycles. The predicted molar refractivity (Wildman–Crippen MR) is 90.6 cm³/mol. The topological polar surface area (TPSA) is 79.3 Å². The van der Waals surface area contributed by atoms with Gasteiger partial charge in [0, 0.05) is 51.6 Å². The van der Waals surface area contributed by atoms with E-state index in [1.807, 2.05) is 17.8 Å². The Kier molecular flexibility index (Phi) is 4.80. The van der Waals surface area contributed by atoms with Crippen molar-refractivity contribution < 1.29 is 14.0 Å². The average molecular weight is 345 g/mol. The second-order valence-corrected chi connectivity index (χ2v) is 5.99. The van der Waals surface area contributed by atoms with E-state index in [-0.39, 0.29) is 17.6 Å². The number of rotatable bonds is 3. The molecule has 2 amide bonds. The lowest BCUT2D eigenvalue weighted by atomic mass is 10.1. The molecular weight excluding hydrogens is 325 g/mol. The van der Waals surface area contributed by atoms with Gasteiger partial charge in [0.05, 0.1) is 5.69 Å². The normalized spacial score (nSPS) is 17.4. The van der Waals surface area contributed by atoms with Gasteiger partial charge in [0.25, 0.3) is 5.91 Å². The molecule has 1 aromatic heterocycles. The van der Waals surface area contributed by atoms with Gasteiger partial charge in [-0.2, -0.15) is 0 Å². The number of halogens is 1. The molecule has 1 fully saturated rings. The number of hydrogen-bond acceptors (Lipinski definition) is 4. The molecule has 8 heteroatoms. The van der Waals surface area contributed by atoms with E-state index in [0.29, 0.717) is 25.2 Å². The third-order valence-electron chi connectivity index (χ3n) is 4.18.